The second kappa shape index (κ2) is 5.95. The summed E-state index contributed by atoms with van der Waals surface area (Å²) in [5, 5.41) is 7.82. The third-order valence-electron chi connectivity index (χ3n) is 3.85. The fourth-order valence-electron chi connectivity index (χ4n) is 2.77. The van der Waals surface area contributed by atoms with Crippen molar-refractivity contribution in [1.82, 2.24) is 10.6 Å². The van der Waals surface area contributed by atoms with Crippen molar-refractivity contribution in [2.45, 2.75) is 25.3 Å². The van der Waals surface area contributed by atoms with Crippen LogP contribution in [0.15, 0.2) is 42.5 Å². The van der Waals surface area contributed by atoms with Crippen molar-refractivity contribution in [3.63, 3.8) is 0 Å². The Kier molecular flexibility index (Phi) is 3.86. The van der Waals surface area contributed by atoms with E-state index in [9.17, 15) is 9.59 Å². The molecule has 0 saturated carbocycles. The molecule has 2 amide bonds. The molecule has 1 aliphatic heterocycles. The first-order valence-electron chi connectivity index (χ1n) is 7.28. The number of nitrogens with one attached hydrogen (secondary N) is 2. The van der Waals surface area contributed by atoms with Crippen molar-refractivity contribution in [3.05, 3.63) is 48.0 Å². The number of benzene rings is 2. The highest BCUT2D eigenvalue weighted by molar-refractivity contribution is 5.92. The molecule has 0 aliphatic carbocycles. The first kappa shape index (κ1) is 13.6. The predicted octanol–water partition coefficient (Wildman–Crippen LogP) is 1.78. The molecule has 1 heterocycles. The molecule has 0 spiro atoms. The maximum absolute atomic E-state index is 12.2. The van der Waals surface area contributed by atoms with Crippen LogP contribution in [0.25, 0.3) is 10.8 Å². The van der Waals surface area contributed by atoms with Gasteiger partial charge in [0.1, 0.15) is 6.04 Å². The number of amides is 2. The lowest BCUT2D eigenvalue weighted by molar-refractivity contribution is -0.129. The quantitative estimate of drug-likeness (QED) is 0.901. The molecule has 0 bridgehead atoms. The van der Waals surface area contributed by atoms with Crippen LogP contribution in [0.1, 0.15) is 18.4 Å². The maximum atomic E-state index is 12.2. The van der Waals surface area contributed by atoms with Crippen LogP contribution in [0, 0.1) is 0 Å². The van der Waals surface area contributed by atoms with Gasteiger partial charge in [0.25, 0.3) is 0 Å². The van der Waals surface area contributed by atoms with E-state index in [1.165, 1.54) is 0 Å². The van der Waals surface area contributed by atoms with Crippen molar-refractivity contribution in [3.8, 4) is 0 Å². The van der Waals surface area contributed by atoms with E-state index in [0.29, 0.717) is 19.4 Å². The number of hydrogen-bond donors (Lipinski definition) is 2. The maximum Gasteiger partial charge on any atom is 0.242 e. The summed E-state index contributed by atoms with van der Waals surface area (Å²) >= 11 is 0. The van der Waals surface area contributed by atoms with Gasteiger partial charge in [-0.15, -0.1) is 0 Å². The molecule has 1 fully saturated rings. The number of hydrogen-bond acceptors (Lipinski definition) is 2. The van der Waals surface area contributed by atoms with E-state index in [4.69, 9.17) is 0 Å². The van der Waals surface area contributed by atoms with E-state index in [1.54, 1.807) is 0 Å². The van der Waals surface area contributed by atoms with Crippen LogP contribution in [-0.2, 0) is 16.0 Å². The highest BCUT2D eigenvalue weighted by Crippen LogP contribution is 2.19. The molecule has 1 aliphatic rings. The van der Waals surface area contributed by atoms with Gasteiger partial charge in [-0.3, -0.25) is 9.59 Å². The number of fused-ring (bicyclic) bond motifs is 1. The highest BCUT2D eigenvalue weighted by Gasteiger charge is 2.23. The Morgan fingerprint density at radius 2 is 2.00 bits per heavy atom. The monoisotopic (exact) mass is 282 g/mol. The van der Waals surface area contributed by atoms with Crippen molar-refractivity contribution in [1.29, 1.82) is 0 Å². The zero-order chi connectivity index (χ0) is 14.7. The lowest BCUT2D eigenvalue weighted by Crippen LogP contribution is -2.50. The minimum atomic E-state index is -0.388. The molecule has 0 radical (unpaired) electrons. The molecule has 2 aromatic rings. The van der Waals surface area contributed by atoms with E-state index in [2.05, 4.69) is 10.6 Å². The lowest BCUT2D eigenvalue weighted by atomic mass is 10.0. The Morgan fingerprint density at radius 1 is 1.19 bits per heavy atom. The van der Waals surface area contributed by atoms with Crippen molar-refractivity contribution < 1.29 is 9.59 Å². The molecule has 1 unspecified atom stereocenters. The van der Waals surface area contributed by atoms with Crippen molar-refractivity contribution in [2.75, 3.05) is 6.54 Å². The molecule has 1 saturated heterocycles. The largest absolute Gasteiger partial charge is 0.354 e. The van der Waals surface area contributed by atoms with Gasteiger partial charge in [0.2, 0.25) is 11.8 Å². The normalized spacial score (nSPS) is 18.3. The van der Waals surface area contributed by atoms with Crippen LogP contribution >= 0.6 is 0 Å². The smallest absolute Gasteiger partial charge is 0.242 e. The van der Waals surface area contributed by atoms with Gasteiger partial charge in [0.05, 0.1) is 6.42 Å². The molecule has 3 rings (SSSR count). The molecule has 4 nitrogen and oxygen atoms in total. The van der Waals surface area contributed by atoms with E-state index >= 15 is 0 Å². The summed E-state index contributed by atoms with van der Waals surface area (Å²) in [6.07, 6.45) is 1.92. The fourth-order valence-corrected chi connectivity index (χ4v) is 2.77. The van der Waals surface area contributed by atoms with Gasteiger partial charge in [-0.2, -0.15) is 0 Å². The lowest BCUT2D eigenvalue weighted by Gasteiger charge is -2.22. The summed E-state index contributed by atoms with van der Waals surface area (Å²) in [5.41, 5.74) is 0.988. The molecule has 0 aromatic heterocycles. The van der Waals surface area contributed by atoms with Crippen LogP contribution < -0.4 is 10.6 Å². The first-order valence-corrected chi connectivity index (χ1v) is 7.28. The third kappa shape index (κ3) is 3.05. The summed E-state index contributed by atoms with van der Waals surface area (Å²) in [6.45, 7) is 0.703. The summed E-state index contributed by atoms with van der Waals surface area (Å²) in [6, 6.07) is 13.6. The fraction of sp³-hybridized carbons (Fsp3) is 0.294. The second-order valence-corrected chi connectivity index (χ2v) is 5.37. The molecule has 1 atom stereocenters. The summed E-state index contributed by atoms with van der Waals surface area (Å²) < 4.78 is 0. The molecule has 2 N–H and O–H groups in total. The van der Waals surface area contributed by atoms with Gasteiger partial charge in [-0.05, 0) is 29.2 Å². The van der Waals surface area contributed by atoms with Crippen molar-refractivity contribution in [2.24, 2.45) is 0 Å². The number of carbonyl (C=O) groups is 2. The standard InChI is InChI=1S/C17H18N2O2/c20-16(19-15-9-4-10-18-17(15)21)11-13-7-3-6-12-5-1-2-8-14(12)13/h1-3,5-8,15H,4,9-11H2,(H,18,21)(H,19,20). The summed E-state index contributed by atoms with van der Waals surface area (Å²) in [4.78, 5) is 23.8. The van der Waals surface area contributed by atoms with E-state index in [0.717, 1.165) is 22.8 Å². The van der Waals surface area contributed by atoms with Crippen LogP contribution in [0.2, 0.25) is 0 Å². The predicted molar refractivity (Wildman–Crippen MR) is 81.8 cm³/mol. The van der Waals surface area contributed by atoms with Gasteiger partial charge < -0.3 is 10.6 Å². The molecule has 108 valence electrons. The van der Waals surface area contributed by atoms with Crippen LogP contribution in [0.4, 0.5) is 0 Å². The average Bonchev–Trinajstić information content (AvgIpc) is 2.50. The summed E-state index contributed by atoms with van der Waals surface area (Å²) in [5.74, 6) is -0.180. The van der Waals surface area contributed by atoms with Crippen LogP contribution in [0.3, 0.4) is 0 Å². The Labute approximate surface area is 123 Å². The number of rotatable bonds is 3. The zero-order valence-corrected chi connectivity index (χ0v) is 11.8. The minimum absolute atomic E-state index is 0.0764. The average molecular weight is 282 g/mol. The number of carbonyl (C=O) groups excluding carboxylic acids is 2. The molecule has 4 heteroatoms. The molecular formula is C17H18N2O2. The second-order valence-electron chi connectivity index (χ2n) is 5.37. The third-order valence-corrected chi connectivity index (χ3v) is 3.85. The summed E-state index contributed by atoms with van der Waals surface area (Å²) in [7, 11) is 0. The van der Waals surface area contributed by atoms with E-state index < -0.39 is 0 Å². The van der Waals surface area contributed by atoms with Crippen LogP contribution in [-0.4, -0.2) is 24.4 Å². The minimum Gasteiger partial charge on any atom is -0.354 e. The highest BCUT2D eigenvalue weighted by atomic mass is 16.2. The Morgan fingerprint density at radius 3 is 2.86 bits per heavy atom. The molecular weight excluding hydrogens is 264 g/mol. The number of piperidine rings is 1. The van der Waals surface area contributed by atoms with Gasteiger partial charge in [0, 0.05) is 6.54 Å². The Hall–Kier alpha value is -2.36. The molecule has 2 aromatic carbocycles. The van der Waals surface area contributed by atoms with Gasteiger partial charge in [-0.25, -0.2) is 0 Å². The topological polar surface area (TPSA) is 58.2 Å². The van der Waals surface area contributed by atoms with Gasteiger partial charge in [-0.1, -0.05) is 42.5 Å². The van der Waals surface area contributed by atoms with E-state index in [1.807, 2.05) is 42.5 Å². The van der Waals surface area contributed by atoms with Gasteiger partial charge >= 0.3 is 0 Å². The van der Waals surface area contributed by atoms with Crippen LogP contribution in [0.5, 0.6) is 0 Å². The SMILES string of the molecule is O=C(Cc1cccc2ccccc12)NC1CCCNC1=O. The first-order chi connectivity index (χ1) is 10.2. The molecule has 21 heavy (non-hydrogen) atoms. The zero-order valence-electron chi connectivity index (χ0n) is 11.8. The van der Waals surface area contributed by atoms with Crippen molar-refractivity contribution >= 4 is 22.6 Å². The Balaban J connectivity index is 1.73. The van der Waals surface area contributed by atoms with E-state index in [-0.39, 0.29) is 17.9 Å². The Bertz CT molecular complexity index is 676. The van der Waals surface area contributed by atoms with Gasteiger partial charge in [0.15, 0.2) is 0 Å².